The Bertz CT molecular complexity index is 1120. The first kappa shape index (κ1) is 20.6. The lowest BCUT2D eigenvalue weighted by Gasteiger charge is -2.16. The first-order valence-corrected chi connectivity index (χ1v) is 9.54. The molecule has 0 radical (unpaired) electrons. The number of halogens is 1. The number of carbonyl (C=O) groups is 1. The third kappa shape index (κ3) is 4.66. The third-order valence-electron chi connectivity index (χ3n) is 4.70. The molecule has 0 spiro atoms. The molecule has 6 nitrogen and oxygen atoms in total. The van der Waals surface area contributed by atoms with E-state index in [1.807, 2.05) is 39.0 Å². The van der Waals surface area contributed by atoms with Crippen LogP contribution in [0.2, 0.25) is 5.02 Å². The molecule has 1 atom stereocenters. The summed E-state index contributed by atoms with van der Waals surface area (Å²) in [7, 11) is 0. The molecule has 1 heterocycles. The Morgan fingerprint density at radius 3 is 2.62 bits per heavy atom. The number of benzene rings is 2. The van der Waals surface area contributed by atoms with Crippen molar-refractivity contribution in [2.45, 2.75) is 33.8 Å². The van der Waals surface area contributed by atoms with Crippen molar-refractivity contribution >= 4 is 23.2 Å². The van der Waals surface area contributed by atoms with Gasteiger partial charge in [0, 0.05) is 22.8 Å². The maximum Gasteiger partial charge on any atom is 0.271 e. The minimum Gasteiger partial charge on any atom is -0.463 e. The highest BCUT2D eigenvalue weighted by Crippen LogP contribution is 2.20. The van der Waals surface area contributed by atoms with Gasteiger partial charge in [-0.15, -0.1) is 5.10 Å². The Morgan fingerprint density at radius 1 is 1.10 bits per heavy atom. The molecule has 150 valence electrons. The highest BCUT2D eigenvalue weighted by molar-refractivity contribution is 6.30. The van der Waals surface area contributed by atoms with Crippen LogP contribution in [0.25, 0.3) is 5.69 Å². The fraction of sp³-hybridized carbons (Fsp3) is 0.227. The number of nitrogens with one attached hydrogen (secondary N) is 1. The summed E-state index contributed by atoms with van der Waals surface area (Å²) in [5.41, 5.74) is 3.88. The Kier molecular flexibility index (Phi) is 6.03. The number of ether oxygens (including phenoxy) is 1. The van der Waals surface area contributed by atoms with Gasteiger partial charge >= 0.3 is 0 Å². The van der Waals surface area contributed by atoms with E-state index in [0.717, 1.165) is 22.4 Å². The molecule has 1 amide bonds. The van der Waals surface area contributed by atoms with Crippen LogP contribution >= 0.6 is 11.6 Å². The number of anilines is 1. The Hall–Kier alpha value is -3.12. The monoisotopic (exact) mass is 411 g/mol. The largest absolute Gasteiger partial charge is 0.463 e. The average Bonchev–Trinajstić information content (AvgIpc) is 2.69. The van der Waals surface area contributed by atoms with Gasteiger partial charge in [-0.1, -0.05) is 29.8 Å². The van der Waals surface area contributed by atoms with Gasteiger partial charge in [0.15, 0.2) is 6.10 Å². The number of rotatable bonds is 5. The summed E-state index contributed by atoms with van der Waals surface area (Å²) in [4.78, 5) is 24.8. The number of aryl methyl sites for hydroxylation is 2. The molecule has 2 aromatic carbocycles. The molecule has 0 saturated carbocycles. The van der Waals surface area contributed by atoms with E-state index in [9.17, 15) is 9.59 Å². The van der Waals surface area contributed by atoms with E-state index < -0.39 is 6.10 Å². The lowest BCUT2D eigenvalue weighted by molar-refractivity contribution is -0.122. The van der Waals surface area contributed by atoms with Crippen LogP contribution in [0.1, 0.15) is 23.6 Å². The molecule has 0 unspecified atom stereocenters. The molecule has 0 fully saturated rings. The van der Waals surface area contributed by atoms with Gasteiger partial charge in [0.2, 0.25) is 5.88 Å². The molecule has 3 rings (SSSR count). The summed E-state index contributed by atoms with van der Waals surface area (Å²) < 4.78 is 6.90. The predicted molar refractivity (Wildman–Crippen MR) is 114 cm³/mol. The Labute approximate surface area is 174 Å². The maximum absolute atomic E-state index is 12.6. The van der Waals surface area contributed by atoms with Crippen LogP contribution in [0.15, 0.2) is 53.3 Å². The molecule has 0 aliphatic heterocycles. The molecule has 29 heavy (non-hydrogen) atoms. The fourth-order valence-corrected chi connectivity index (χ4v) is 2.96. The molecule has 3 aromatic rings. The lowest BCUT2D eigenvalue weighted by Crippen LogP contribution is -2.31. The molecule has 0 aliphatic rings. The van der Waals surface area contributed by atoms with Crippen LogP contribution in [-0.4, -0.2) is 21.8 Å². The second-order valence-electron chi connectivity index (χ2n) is 6.85. The van der Waals surface area contributed by atoms with Crippen molar-refractivity contribution in [3.63, 3.8) is 0 Å². The number of hydrogen-bond acceptors (Lipinski definition) is 4. The second kappa shape index (κ2) is 8.49. The molecule has 0 saturated heterocycles. The first-order chi connectivity index (χ1) is 13.8. The van der Waals surface area contributed by atoms with E-state index in [1.165, 1.54) is 16.8 Å². The van der Waals surface area contributed by atoms with Crippen molar-refractivity contribution in [1.29, 1.82) is 0 Å². The number of carbonyl (C=O) groups excluding carboxylic acids is 1. The summed E-state index contributed by atoms with van der Waals surface area (Å²) in [6.07, 6.45) is -0.811. The first-order valence-electron chi connectivity index (χ1n) is 9.17. The van der Waals surface area contributed by atoms with Crippen LogP contribution in [0.3, 0.4) is 0 Å². The minimum absolute atomic E-state index is 0.160. The average molecular weight is 412 g/mol. The highest BCUT2D eigenvalue weighted by atomic mass is 35.5. The number of hydrogen-bond donors (Lipinski definition) is 1. The topological polar surface area (TPSA) is 73.2 Å². The van der Waals surface area contributed by atoms with Crippen molar-refractivity contribution in [1.82, 2.24) is 9.78 Å². The van der Waals surface area contributed by atoms with Gasteiger partial charge in [0.1, 0.15) is 0 Å². The SMILES string of the molecule is Cc1ccc(Cl)cc1-n1nc(O[C@H](C)C(=O)Nc2cccc(C)c2C)ccc1=O. The standard InChI is InChI=1S/C22H22ClN3O3/c1-13-6-5-7-18(15(13)3)24-22(28)16(4)29-20-10-11-21(27)26(25-20)19-12-17(23)9-8-14(19)2/h5-12,16H,1-4H3,(H,24,28)/t16-/m1/s1. The van der Waals surface area contributed by atoms with Crippen LogP contribution in [0.4, 0.5) is 5.69 Å². The maximum atomic E-state index is 12.6. The van der Waals surface area contributed by atoms with Crippen molar-refractivity contribution in [2.75, 3.05) is 5.32 Å². The van der Waals surface area contributed by atoms with E-state index in [4.69, 9.17) is 16.3 Å². The zero-order valence-electron chi connectivity index (χ0n) is 16.7. The molecular weight excluding hydrogens is 390 g/mol. The summed E-state index contributed by atoms with van der Waals surface area (Å²) in [6.45, 7) is 7.41. The lowest BCUT2D eigenvalue weighted by atomic mass is 10.1. The number of amides is 1. The van der Waals surface area contributed by atoms with Gasteiger partial charge in [0.25, 0.3) is 11.5 Å². The minimum atomic E-state index is -0.811. The summed E-state index contributed by atoms with van der Waals surface area (Å²) in [5.74, 6) is -0.148. The summed E-state index contributed by atoms with van der Waals surface area (Å²) in [5, 5.41) is 7.61. The second-order valence-corrected chi connectivity index (χ2v) is 7.29. The van der Waals surface area contributed by atoms with Gasteiger partial charge in [-0.25, -0.2) is 0 Å². The normalized spacial score (nSPS) is 11.8. The van der Waals surface area contributed by atoms with E-state index in [-0.39, 0.29) is 17.3 Å². The summed E-state index contributed by atoms with van der Waals surface area (Å²) in [6, 6.07) is 13.7. The van der Waals surface area contributed by atoms with E-state index in [2.05, 4.69) is 10.4 Å². The fourth-order valence-electron chi connectivity index (χ4n) is 2.80. The van der Waals surface area contributed by atoms with E-state index in [0.29, 0.717) is 10.7 Å². The highest BCUT2D eigenvalue weighted by Gasteiger charge is 2.17. The van der Waals surface area contributed by atoms with Crippen molar-refractivity contribution in [2.24, 2.45) is 0 Å². The smallest absolute Gasteiger partial charge is 0.271 e. The molecule has 1 N–H and O–H groups in total. The van der Waals surface area contributed by atoms with Gasteiger partial charge in [-0.3, -0.25) is 9.59 Å². The predicted octanol–water partition coefficient (Wildman–Crippen LogP) is 4.22. The van der Waals surface area contributed by atoms with Crippen LogP contribution in [0, 0.1) is 20.8 Å². The van der Waals surface area contributed by atoms with Gasteiger partial charge in [-0.2, -0.15) is 4.68 Å². The van der Waals surface area contributed by atoms with E-state index >= 15 is 0 Å². The van der Waals surface area contributed by atoms with Crippen LogP contribution < -0.4 is 15.6 Å². The van der Waals surface area contributed by atoms with Crippen molar-refractivity contribution < 1.29 is 9.53 Å². The number of nitrogens with zero attached hydrogens (tertiary/aromatic N) is 2. The molecular formula is C22H22ClN3O3. The quantitative estimate of drug-likeness (QED) is 0.682. The Morgan fingerprint density at radius 2 is 1.86 bits per heavy atom. The third-order valence-corrected chi connectivity index (χ3v) is 4.94. The Balaban J connectivity index is 1.81. The van der Waals surface area contributed by atoms with Gasteiger partial charge < -0.3 is 10.1 Å². The molecule has 7 heteroatoms. The molecule has 1 aromatic heterocycles. The van der Waals surface area contributed by atoms with Crippen LogP contribution in [-0.2, 0) is 4.79 Å². The van der Waals surface area contributed by atoms with E-state index in [1.54, 1.807) is 25.1 Å². The number of aromatic nitrogens is 2. The molecule has 0 aliphatic carbocycles. The van der Waals surface area contributed by atoms with Crippen LogP contribution in [0.5, 0.6) is 5.88 Å². The zero-order valence-corrected chi connectivity index (χ0v) is 17.4. The van der Waals surface area contributed by atoms with Crippen molar-refractivity contribution in [3.8, 4) is 11.6 Å². The van der Waals surface area contributed by atoms with Crippen molar-refractivity contribution in [3.05, 3.63) is 80.6 Å². The molecule has 0 bridgehead atoms. The zero-order chi connectivity index (χ0) is 21.1. The summed E-state index contributed by atoms with van der Waals surface area (Å²) >= 11 is 6.06. The van der Waals surface area contributed by atoms with Gasteiger partial charge in [-0.05, 0) is 62.6 Å². The van der Waals surface area contributed by atoms with Gasteiger partial charge in [0.05, 0.1) is 5.69 Å².